The summed E-state index contributed by atoms with van der Waals surface area (Å²) in [5, 5.41) is 12.7. The van der Waals surface area contributed by atoms with Gasteiger partial charge in [0.1, 0.15) is 10.6 Å². The zero-order valence-corrected chi connectivity index (χ0v) is 15.7. The van der Waals surface area contributed by atoms with Gasteiger partial charge in [-0.05, 0) is 18.2 Å². The SMILES string of the molecule is O=C(CSc1nnc(-c2sc3ccccc3c2Cl)o1)NCc1ccco1. The zero-order chi connectivity index (χ0) is 17.9. The van der Waals surface area contributed by atoms with Gasteiger partial charge in [-0.25, -0.2) is 0 Å². The van der Waals surface area contributed by atoms with Crippen molar-refractivity contribution in [3.05, 3.63) is 53.4 Å². The number of rotatable bonds is 6. The van der Waals surface area contributed by atoms with Crippen LogP contribution in [0.4, 0.5) is 0 Å². The molecule has 0 fully saturated rings. The normalized spacial score (nSPS) is 11.1. The molecule has 0 aliphatic rings. The van der Waals surface area contributed by atoms with Crippen molar-refractivity contribution in [3.63, 3.8) is 0 Å². The Bertz CT molecular complexity index is 1040. The Balaban J connectivity index is 1.39. The van der Waals surface area contributed by atoms with E-state index in [1.807, 2.05) is 24.3 Å². The van der Waals surface area contributed by atoms with E-state index in [-0.39, 0.29) is 11.7 Å². The van der Waals surface area contributed by atoms with Gasteiger partial charge in [-0.1, -0.05) is 41.6 Å². The summed E-state index contributed by atoms with van der Waals surface area (Å²) in [6, 6.07) is 11.4. The fourth-order valence-electron chi connectivity index (χ4n) is 2.29. The second-order valence-corrected chi connectivity index (χ2v) is 7.62. The third-order valence-electron chi connectivity index (χ3n) is 3.50. The Morgan fingerprint density at radius 1 is 1.23 bits per heavy atom. The van der Waals surface area contributed by atoms with E-state index in [0.717, 1.165) is 15.0 Å². The predicted octanol–water partition coefficient (Wildman–Crippen LogP) is 4.61. The molecule has 26 heavy (non-hydrogen) atoms. The van der Waals surface area contributed by atoms with Crippen molar-refractivity contribution in [2.75, 3.05) is 5.75 Å². The van der Waals surface area contributed by atoms with Crippen molar-refractivity contribution >= 4 is 50.7 Å². The summed E-state index contributed by atoms with van der Waals surface area (Å²) in [6.07, 6.45) is 1.56. The minimum absolute atomic E-state index is 0.147. The van der Waals surface area contributed by atoms with Crippen LogP contribution in [-0.2, 0) is 11.3 Å². The first-order valence-electron chi connectivity index (χ1n) is 7.63. The molecule has 0 radical (unpaired) electrons. The van der Waals surface area contributed by atoms with Crippen molar-refractivity contribution in [1.29, 1.82) is 0 Å². The molecule has 0 aliphatic heterocycles. The lowest BCUT2D eigenvalue weighted by Crippen LogP contribution is -2.24. The number of halogens is 1. The van der Waals surface area contributed by atoms with Gasteiger partial charge in [0.05, 0.1) is 23.6 Å². The molecule has 0 saturated carbocycles. The fourth-order valence-corrected chi connectivity index (χ4v) is 4.31. The van der Waals surface area contributed by atoms with E-state index in [1.165, 1.54) is 23.1 Å². The average molecular weight is 406 g/mol. The van der Waals surface area contributed by atoms with Crippen LogP contribution < -0.4 is 5.32 Å². The number of amides is 1. The maximum Gasteiger partial charge on any atom is 0.277 e. The number of nitrogens with zero attached hydrogens (tertiary/aromatic N) is 2. The molecule has 4 rings (SSSR count). The molecule has 0 aliphatic carbocycles. The highest BCUT2D eigenvalue weighted by molar-refractivity contribution is 7.99. The molecule has 1 aromatic carbocycles. The maximum absolute atomic E-state index is 11.9. The van der Waals surface area contributed by atoms with E-state index in [9.17, 15) is 4.79 Å². The maximum atomic E-state index is 11.9. The van der Waals surface area contributed by atoms with Crippen LogP contribution >= 0.6 is 34.7 Å². The molecule has 0 atom stereocenters. The van der Waals surface area contributed by atoms with Crippen LogP contribution in [0.25, 0.3) is 20.9 Å². The standard InChI is InChI=1S/C17H12ClN3O3S2/c18-14-11-5-1-2-6-12(11)26-15(14)16-20-21-17(24-16)25-9-13(22)19-8-10-4-3-7-23-10/h1-7H,8-9H2,(H,19,22). The molecule has 0 bridgehead atoms. The Hall–Kier alpha value is -2.29. The lowest BCUT2D eigenvalue weighted by molar-refractivity contribution is -0.118. The zero-order valence-electron chi connectivity index (χ0n) is 13.3. The minimum atomic E-state index is -0.147. The van der Waals surface area contributed by atoms with Crippen LogP contribution in [0, 0.1) is 0 Å². The molecule has 6 nitrogen and oxygen atoms in total. The summed E-state index contributed by atoms with van der Waals surface area (Å²) in [4.78, 5) is 12.6. The van der Waals surface area contributed by atoms with Gasteiger partial charge in [0.25, 0.3) is 11.1 Å². The van der Waals surface area contributed by atoms with Crippen molar-refractivity contribution < 1.29 is 13.6 Å². The average Bonchev–Trinajstić information content (AvgIpc) is 3.39. The van der Waals surface area contributed by atoms with Gasteiger partial charge >= 0.3 is 0 Å². The van der Waals surface area contributed by atoms with Gasteiger partial charge in [-0.3, -0.25) is 4.79 Å². The number of hydrogen-bond donors (Lipinski definition) is 1. The van der Waals surface area contributed by atoms with E-state index in [0.29, 0.717) is 28.4 Å². The van der Waals surface area contributed by atoms with Gasteiger partial charge in [-0.15, -0.1) is 21.5 Å². The van der Waals surface area contributed by atoms with E-state index in [2.05, 4.69) is 15.5 Å². The topological polar surface area (TPSA) is 81.2 Å². The first-order chi connectivity index (χ1) is 12.7. The van der Waals surface area contributed by atoms with Crippen LogP contribution in [0.2, 0.25) is 5.02 Å². The molecule has 3 heterocycles. The van der Waals surface area contributed by atoms with Gasteiger partial charge in [0.15, 0.2) is 0 Å². The molecule has 132 valence electrons. The van der Waals surface area contributed by atoms with E-state index >= 15 is 0 Å². The summed E-state index contributed by atoms with van der Waals surface area (Å²) in [5.41, 5.74) is 0. The number of thiophene rings is 1. The monoisotopic (exact) mass is 405 g/mol. The Morgan fingerprint density at radius 2 is 2.12 bits per heavy atom. The van der Waals surface area contributed by atoms with Crippen LogP contribution in [0.5, 0.6) is 0 Å². The number of carbonyl (C=O) groups excluding carboxylic acids is 1. The van der Waals surface area contributed by atoms with Crippen molar-refractivity contribution in [2.45, 2.75) is 11.8 Å². The number of thioether (sulfide) groups is 1. The van der Waals surface area contributed by atoms with Gasteiger partial charge in [0, 0.05) is 10.1 Å². The third-order valence-corrected chi connectivity index (χ3v) is 5.98. The molecule has 0 spiro atoms. The van der Waals surface area contributed by atoms with Gasteiger partial charge in [-0.2, -0.15) is 0 Å². The number of fused-ring (bicyclic) bond motifs is 1. The van der Waals surface area contributed by atoms with Crippen molar-refractivity contribution in [1.82, 2.24) is 15.5 Å². The van der Waals surface area contributed by atoms with Gasteiger partial charge in [0.2, 0.25) is 5.91 Å². The molecule has 1 amide bonds. The summed E-state index contributed by atoms with van der Waals surface area (Å²) in [7, 11) is 0. The number of nitrogens with one attached hydrogen (secondary N) is 1. The minimum Gasteiger partial charge on any atom is -0.467 e. The highest BCUT2D eigenvalue weighted by atomic mass is 35.5. The summed E-state index contributed by atoms with van der Waals surface area (Å²) < 4.78 is 11.9. The molecule has 4 aromatic rings. The van der Waals surface area contributed by atoms with Crippen LogP contribution in [-0.4, -0.2) is 21.9 Å². The summed E-state index contributed by atoms with van der Waals surface area (Å²) >= 11 is 9.09. The smallest absolute Gasteiger partial charge is 0.277 e. The third kappa shape index (κ3) is 3.62. The summed E-state index contributed by atoms with van der Waals surface area (Å²) in [6.45, 7) is 0.346. The second kappa shape index (κ2) is 7.53. The first-order valence-corrected chi connectivity index (χ1v) is 9.81. The summed E-state index contributed by atoms with van der Waals surface area (Å²) in [5.74, 6) is 1.08. The lowest BCUT2D eigenvalue weighted by atomic mass is 10.2. The largest absolute Gasteiger partial charge is 0.467 e. The highest BCUT2D eigenvalue weighted by Crippen LogP contribution is 2.41. The van der Waals surface area contributed by atoms with Crippen LogP contribution in [0.1, 0.15) is 5.76 Å². The number of furan rings is 1. The Morgan fingerprint density at radius 3 is 2.92 bits per heavy atom. The molecular formula is C17H12ClN3O3S2. The van der Waals surface area contributed by atoms with Crippen molar-refractivity contribution in [3.8, 4) is 10.8 Å². The predicted molar refractivity (Wildman–Crippen MR) is 101 cm³/mol. The first kappa shape index (κ1) is 17.1. The number of carbonyl (C=O) groups is 1. The van der Waals surface area contributed by atoms with E-state index < -0.39 is 0 Å². The number of hydrogen-bond acceptors (Lipinski definition) is 7. The molecule has 0 unspecified atom stereocenters. The lowest BCUT2D eigenvalue weighted by Gasteiger charge is -2.00. The second-order valence-electron chi connectivity index (χ2n) is 5.26. The van der Waals surface area contributed by atoms with Crippen LogP contribution in [0.15, 0.2) is 56.7 Å². The molecule has 1 N–H and O–H groups in total. The molecule has 9 heteroatoms. The van der Waals surface area contributed by atoms with Crippen LogP contribution in [0.3, 0.4) is 0 Å². The number of aromatic nitrogens is 2. The number of benzene rings is 1. The molecule has 3 aromatic heterocycles. The molecule has 0 saturated heterocycles. The fraction of sp³-hybridized carbons (Fsp3) is 0.118. The van der Waals surface area contributed by atoms with Gasteiger partial charge < -0.3 is 14.2 Å². The van der Waals surface area contributed by atoms with E-state index in [1.54, 1.807) is 18.4 Å². The quantitative estimate of drug-likeness (QED) is 0.472. The molecular weight excluding hydrogens is 394 g/mol. The Labute approximate surface area is 161 Å². The Kier molecular flexibility index (Phi) is 4.96. The van der Waals surface area contributed by atoms with E-state index in [4.69, 9.17) is 20.4 Å². The highest BCUT2D eigenvalue weighted by Gasteiger charge is 2.18. The van der Waals surface area contributed by atoms with Crippen molar-refractivity contribution in [2.24, 2.45) is 0 Å².